The first-order valence-corrected chi connectivity index (χ1v) is 10.4. The van der Waals surface area contributed by atoms with Gasteiger partial charge in [-0.15, -0.1) is 0 Å². The molecule has 30 heavy (non-hydrogen) atoms. The average Bonchev–Trinajstić information content (AvgIpc) is 3.27. The van der Waals surface area contributed by atoms with Crippen molar-refractivity contribution in [2.45, 2.75) is 12.3 Å². The molecule has 0 spiro atoms. The number of fused-ring (bicyclic) bond motifs is 1. The summed E-state index contributed by atoms with van der Waals surface area (Å²) in [7, 11) is 0. The van der Waals surface area contributed by atoms with Gasteiger partial charge < -0.3 is 19.5 Å². The van der Waals surface area contributed by atoms with Crippen molar-refractivity contribution in [2.24, 2.45) is 5.92 Å². The van der Waals surface area contributed by atoms with Crippen molar-refractivity contribution in [1.82, 2.24) is 5.32 Å². The molecule has 2 atom stereocenters. The van der Waals surface area contributed by atoms with Crippen LogP contribution in [0.15, 0.2) is 66.7 Å². The molecule has 0 bridgehead atoms. The third-order valence-corrected chi connectivity index (χ3v) is 5.93. The minimum atomic E-state index is -0.213. The third-order valence-electron chi connectivity index (χ3n) is 5.93. The van der Waals surface area contributed by atoms with Gasteiger partial charge >= 0.3 is 0 Å². The topological polar surface area (TPSA) is 39.7 Å². The van der Waals surface area contributed by atoms with Crippen LogP contribution in [-0.2, 0) is 0 Å². The van der Waals surface area contributed by atoms with E-state index in [9.17, 15) is 4.39 Å². The van der Waals surface area contributed by atoms with E-state index in [4.69, 9.17) is 14.2 Å². The zero-order valence-electron chi connectivity index (χ0n) is 16.6. The molecule has 0 aliphatic carbocycles. The van der Waals surface area contributed by atoms with E-state index in [2.05, 4.69) is 29.6 Å². The highest BCUT2D eigenvalue weighted by Crippen LogP contribution is 2.36. The second kappa shape index (κ2) is 8.36. The summed E-state index contributed by atoms with van der Waals surface area (Å²) in [5.41, 5.74) is 3.44. The molecule has 2 heterocycles. The summed E-state index contributed by atoms with van der Waals surface area (Å²) in [5.74, 6) is 2.90. The molecular formula is C25H24FNO3. The van der Waals surface area contributed by atoms with Crippen LogP contribution in [-0.4, -0.2) is 26.5 Å². The largest absolute Gasteiger partial charge is 0.493 e. The summed E-state index contributed by atoms with van der Waals surface area (Å²) in [6.45, 7) is 2.83. The lowest BCUT2D eigenvalue weighted by molar-refractivity contribution is 0.173. The van der Waals surface area contributed by atoms with Crippen LogP contribution in [0.5, 0.6) is 17.2 Å². The number of hydrogen-bond donors (Lipinski definition) is 1. The lowest BCUT2D eigenvalue weighted by Gasteiger charge is -2.32. The molecule has 0 aromatic heterocycles. The highest BCUT2D eigenvalue weighted by molar-refractivity contribution is 5.63. The normalized spacial score (nSPS) is 20.2. The number of rotatable bonds is 5. The number of halogens is 1. The van der Waals surface area contributed by atoms with E-state index >= 15 is 0 Å². The minimum Gasteiger partial charge on any atom is -0.493 e. The summed E-state index contributed by atoms with van der Waals surface area (Å²) >= 11 is 0. The van der Waals surface area contributed by atoms with Crippen molar-refractivity contribution in [2.75, 3.05) is 26.5 Å². The highest BCUT2D eigenvalue weighted by atomic mass is 19.1. The number of nitrogens with one attached hydrogen (secondary N) is 1. The van der Waals surface area contributed by atoms with Gasteiger partial charge in [0, 0.05) is 18.5 Å². The fourth-order valence-electron chi connectivity index (χ4n) is 4.27. The molecule has 3 aromatic rings. The van der Waals surface area contributed by atoms with Gasteiger partial charge in [-0.3, -0.25) is 0 Å². The van der Waals surface area contributed by atoms with Gasteiger partial charge in [0.1, 0.15) is 11.6 Å². The summed E-state index contributed by atoms with van der Waals surface area (Å²) < 4.78 is 30.1. The van der Waals surface area contributed by atoms with Crippen LogP contribution in [0, 0.1) is 11.7 Å². The number of piperidine rings is 1. The summed E-state index contributed by atoms with van der Waals surface area (Å²) in [6.07, 6.45) is 1.07. The molecule has 3 aromatic carbocycles. The second-order valence-corrected chi connectivity index (χ2v) is 7.81. The molecule has 1 fully saturated rings. The molecule has 1 saturated heterocycles. The standard InChI is InChI=1S/C25H24FNO3/c26-21-7-5-18(6-8-21)17-1-3-19(4-2-17)23-11-12-27-14-20(23)15-28-22-9-10-24-25(13-22)30-16-29-24/h1-10,13,20,23,27H,11-12,14-16H2/t20-,23-/m1/s1. The lowest BCUT2D eigenvalue weighted by atomic mass is 9.81. The van der Waals surface area contributed by atoms with Gasteiger partial charge in [0.05, 0.1) is 6.61 Å². The maximum atomic E-state index is 13.2. The van der Waals surface area contributed by atoms with Crippen molar-refractivity contribution in [3.63, 3.8) is 0 Å². The number of ether oxygens (including phenoxy) is 3. The van der Waals surface area contributed by atoms with Crippen LogP contribution in [0.4, 0.5) is 4.39 Å². The lowest BCUT2D eigenvalue weighted by Crippen LogP contribution is -2.38. The molecule has 2 aliphatic heterocycles. The van der Waals surface area contributed by atoms with Gasteiger partial charge in [0.15, 0.2) is 11.5 Å². The van der Waals surface area contributed by atoms with Gasteiger partial charge in [-0.1, -0.05) is 36.4 Å². The Morgan fingerprint density at radius 1 is 0.900 bits per heavy atom. The van der Waals surface area contributed by atoms with Crippen LogP contribution in [0.25, 0.3) is 11.1 Å². The van der Waals surface area contributed by atoms with Crippen molar-refractivity contribution in [1.29, 1.82) is 0 Å². The fraction of sp³-hybridized carbons (Fsp3) is 0.280. The Kier molecular flexibility index (Phi) is 5.28. The van der Waals surface area contributed by atoms with Crippen LogP contribution in [0.3, 0.4) is 0 Å². The molecule has 5 heteroatoms. The number of hydrogen-bond acceptors (Lipinski definition) is 4. The maximum Gasteiger partial charge on any atom is 0.231 e. The molecule has 2 aliphatic rings. The molecule has 1 N–H and O–H groups in total. The summed E-state index contributed by atoms with van der Waals surface area (Å²) in [5, 5.41) is 3.49. The zero-order valence-corrected chi connectivity index (χ0v) is 16.6. The monoisotopic (exact) mass is 405 g/mol. The Morgan fingerprint density at radius 2 is 1.63 bits per heavy atom. The zero-order chi connectivity index (χ0) is 20.3. The van der Waals surface area contributed by atoms with E-state index in [1.54, 1.807) is 0 Å². The molecule has 154 valence electrons. The van der Waals surface area contributed by atoms with Gasteiger partial charge in [-0.2, -0.15) is 0 Å². The predicted molar refractivity (Wildman–Crippen MR) is 114 cm³/mol. The molecule has 5 rings (SSSR count). The Bertz CT molecular complexity index is 1000. The van der Waals surface area contributed by atoms with Crippen molar-refractivity contribution >= 4 is 0 Å². The van der Waals surface area contributed by atoms with Crippen LogP contribution < -0.4 is 19.5 Å². The Balaban J connectivity index is 1.28. The minimum absolute atomic E-state index is 0.213. The van der Waals surface area contributed by atoms with Crippen molar-refractivity contribution in [3.05, 3.63) is 78.1 Å². The van der Waals surface area contributed by atoms with Crippen molar-refractivity contribution in [3.8, 4) is 28.4 Å². The quantitative estimate of drug-likeness (QED) is 0.649. The molecule has 0 radical (unpaired) electrons. The Labute approximate surface area is 175 Å². The molecule has 0 saturated carbocycles. The third kappa shape index (κ3) is 3.98. The van der Waals surface area contributed by atoms with E-state index < -0.39 is 0 Å². The van der Waals surface area contributed by atoms with Crippen LogP contribution in [0.2, 0.25) is 0 Å². The molecule has 0 amide bonds. The summed E-state index contributed by atoms with van der Waals surface area (Å²) in [6, 6.07) is 21.0. The maximum absolute atomic E-state index is 13.2. The average molecular weight is 405 g/mol. The Hall–Kier alpha value is -3.05. The molecule has 0 unspecified atom stereocenters. The first kappa shape index (κ1) is 18.9. The molecule has 4 nitrogen and oxygen atoms in total. The van der Waals surface area contributed by atoms with Crippen molar-refractivity contribution < 1.29 is 18.6 Å². The SMILES string of the molecule is Fc1ccc(-c2ccc([C@H]3CCNC[C@@H]3COc3ccc4c(c3)OCO4)cc2)cc1. The van der Waals surface area contributed by atoms with E-state index in [0.717, 1.165) is 47.9 Å². The van der Waals surface area contributed by atoms with E-state index in [1.807, 2.05) is 30.3 Å². The molecular weight excluding hydrogens is 381 g/mol. The summed E-state index contributed by atoms with van der Waals surface area (Å²) in [4.78, 5) is 0. The van der Waals surface area contributed by atoms with E-state index in [0.29, 0.717) is 18.4 Å². The van der Waals surface area contributed by atoms with Crippen LogP contribution in [0.1, 0.15) is 17.9 Å². The highest BCUT2D eigenvalue weighted by Gasteiger charge is 2.27. The first-order chi connectivity index (χ1) is 14.8. The van der Waals surface area contributed by atoms with E-state index in [1.165, 1.54) is 17.7 Å². The van der Waals surface area contributed by atoms with Gasteiger partial charge in [0.25, 0.3) is 0 Å². The second-order valence-electron chi connectivity index (χ2n) is 7.81. The van der Waals surface area contributed by atoms with Gasteiger partial charge in [-0.25, -0.2) is 4.39 Å². The first-order valence-electron chi connectivity index (χ1n) is 10.4. The van der Waals surface area contributed by atoms with Gasteiger partial charge in [0.2, 0.25) is 6.79 Å². The predicted octanol–water partition coefficient (Wildman–Crippen LogP) is 4.99. The van der Waals surface area contributed by atoms with Gasteiger partial charge in [-0.05, 0) is 59.8 Å². The smallest absolute Gasteiger partial charge is 0.231 e. The fourth-order valence-corrected chi connectivity index (χ4v) is 4.27. The number of benzene rings is 3. The Morgan fingerprint density at radius 3 is 2.43 bits per heavy atom. The van der Waals surface area contributed by atoms with E-state index in [-0.39, 0.29) is 12.6 Å². The van der Waals surface area contributed by atoms with Crippen LogP contribution >= 0.6 is 0 Å².